The topological polar surface area (TPSA) is 57.3 Å². The van der Waals surface area contributed by atoms with E-state index in [1.54, 1.807) is 18.5 Å². The molecule has 1 aliphatic rings. The van der Waals surface area contributed by atoms with Gasteiger partial charge in [0.15, 0.2) is 0 Å². The molecule has 104 valence electrons. The van der Waals surface area contributed by atoms with Gasteiger partial charge in [-0.05, 0) is 35.0 Å². The smallest absolute Gasteiger partial charge is 0.252 e. The van der Waals surface area contributed by atoms with E-state index in [-0.39, 0.29) is 5.91 Å². The minimum absolute atomic E-state index is 0.0610. The lowest BCUT2D eigenvalue weighted by molar-refractivity contribution is 0.0951. The molecule has 0 bridgehead atoms. The van der Waals surface area contributed by atoms with Gasteiger partial charge >= 0.3 is 0 Å². The number of hydrogen-bond donors (Lipinski definition) is 2. The Kier molecular flexibility index (Phi) is 5.75. The minimum Gasteiger partial charge on any atom is -0.352 e. The first-order chi connectivity index (χ1) is 9.25. The van der Waals surface area contributed by atoms with Crippen LogP contribution in [0.1, 0.15) is 16.8 Å². The first-order valence-corrected chi connectivity index (χ1v) is 7.37. The SMILES string of the molecule is O=C(NCCCN1CCNCC1)c1cncc(Br)c1. The van der Waals surface area contributed by atoms with E-state index in [0.29, 0.717) is 12.1 Å². The predicted octanol–water partition coefficient (Wildman–Crippen LogP) is 0.869. The number of rotatable bonds is 5. The summed E-state index contributed by atoms with van der Waals surface area (Å²) in [4.78, 5) is 18.3. The molecular formula is C13H19BrN4O. The summed E-state index contributed by atoms with van der Waals surface area (Å²) in [7, 11) is 0. The van der Waals surface area contributed by atoms with Crippen molar-refractivity contribution in [2.75, 3.05) is 39.3 Å². The van der Waals surface area contributed by atoms with Crippen molar-refractivity contribution in [2.45, 2.75) is 6.42 Å². The maximum absolute atomic E-state index is 11.9. The maximum atomic E-state index is 11.9. The lowest BCUT2D eigenvalue weighted by Crippen LogP contribution is -2.44. The van der Waals surface area contributed by atoms with Gasteiger partial charge in [-0.1, -0.05) is 0 Å². The summed E-state index contributed by atoms with van der Waals surface area (Å²) >= 11 is 3.31. The minimum atomic E-state index is -0.0610. The van der Waals surface area contributed by atoms with Crippen LogP contribution in [0.15, 0.2) is 22.9 Å². The van der Waals surface area contributed by atoms with E-state index >= 15 is 0 Å². The Morgan fingerprint density at radius 3 is 2.95 bits per heavy atom. The van der Waals surface area contributed by atoms with E-state index in [1.165, 1.54) is 0 Å². The van der Waals surface area contributed by atoms with E-state index in [2.05, 4.69) is 36.4 Å². The number of hydrogen-bond acceptors (Lipinski definition) is 4. The Morgan fingerprint density at radius 2 is 2.21 bits per heavy atom. The summed E-state index contributed by atoms with van der Waals surface area (Å²) in [6.45, 7) is 6.08. The fourth-order valence-electron chi connectivity index (χ4n) is 2.08. The average Bonchev–Trinajstić information content (AvgIpc) is 2.44. The van der Waals surface area contributed by atoms with Crippen LogP contribution >= 0.6 is 15.9 Å². The Labute approximate surface area is 121 Å². The molecule has 1 fully saturated rings. The Balaban J connectivity index is 1.66. The predicted molar refractivity (Wildman–Crippen MR) is 78.2 cm³/mol. The van der Waals surface area contributed by atoms with Crippen molar-refractivity contribution in [1.29, 1.82) is 0 Å². The molecule has 19 heavy (non-hydrogen) atoms. The number of halogens is 1. The molecule has 2 heterocycles. The summed E-state index contributed by atoms with van der Waals surface area (Å²) in [6.07, 6.45) is 4.23. The summed E-state index contributed by atoms with van der Waals surface area (Å²) in [5, 5.41) is 6.25. The fourth-order valence-corrected chi connectivity index (χ4v) is 2.44. The number of pyridine rings is 1. The normalized spacial score (nSPS) is 16.3. The molecule has 2 rings (SSSR count). The quantitative estimate of drug-likeness (QED) is 0.788. The van der Waals surface area contributed by atoms with Gasteiger partial charge in [0, 0.05) is 49.6 Å². The Hall–Kier alpha value is -0.980. The second kappa shape index (κ2) is 7.57. The number of amides is 1. The molecule has 0 unspecified atom stereocenters. The van der Waals surface area contributed by atoms with Crippen LogP contribution < -0.4 is 10.6 Å². The molecule has 0 saturated carbocycles. The molecule has 0 atom stereocenters. The fraction of sp³-hybridized carbons (Fsp3) is 0.538. The number of nitrogens with zero attached hydrogens (tertiary/aromatic N) is 2. The summed E-state index contributed by atoms with van der Waals surface area (Å²) in [5.74, 6) is -0.0610. The van der Waals surface area contributed by atoms with Gasteiger partial charge in [-0.3, -0.25) is 9.78 Å². The lowest BCUT2D eigenvalue weighted by atomic mass is 10.2. The monoisotopic (exact) mass is 326 g/mol. The molecule has 1 aromatic rings. The van der Waals surface area contributed by atoms with Gasteiger partial charge in [-0.2, -0.15) is 0 Å². The molecule has 0 radical (unpaired) electrons. The van der Waals surface area contributed by atoms with Crippen LogP contribution in [-0.2, 0) is 0 Å². The van der Waals surface area contributed by atoms with Gasteiger partial charge in [0.25, 0.3) is 5.91 Å². The first-order valence-electron chi connectivity index (χ1n) is 6.57. The third-order valence-corrected chi connectivity index (χ3v) is 3.55. The average molecular weight is 327 g/mol. The third-order valence-electron chi connectivity index (χ3n) is 3.11. The molecule has 0 aromatic carbocycles. The highest BCUT2D eigenvalue weighted by molar-refractivity contribution is 9.10. The van der Waals surface area contributed by atoms with E-state index in [9.17, 15) is 4.79 Å². The number of carbonyl (C=O) groups excluding carboxylic acids is 1. The second-order valence-corrected chi connectivity index (χ2v) is 5.51. The molecule has 1 aliphatic heterocycles. The molecule has 1 aromatic heterocycles. The third kappa shape index (κ3) is 4.89. The van der Waals surface area contributed by atoms with Crippen molar-refractivity contribution < 1.29 is 4.79 Å². The highest BCUT2D eigenvalue weighted by Gasteiger charge is 2.09. The molecule has 1 saturated heterocycles. The number of aromatic nitrogens is 1. The largest absolute Gasteiger partial charge is 0.352 e. The van der Waals surface area contributed by atoms with Crippen LogP contribution in [0, 0.1) is 0 Å². The highest BCUT2D eigenvalue weighted by atomic mass is 79.9. The zero-order chi connectivity index (χ0) is 13.5. The van der Waals surface area contributed by atoms with Crippen LogP contribution in [0.5, 0.6) is 0 Å². The summed E-state index contributed by atoms with van der Waals surface area (Å²) < 4.78 is 0.820. The lowest BCUT2D eigenvalue weighted by Gasteiger charge is -2.27. The Morgan fingerprint density at radius 1 is 1.42 bits per heavy atom. The van der Waals surface area contributed by atoms with Gasteiger partial charge in [-0.25, -0.2) is 0 Å². The molecule has 0 spiro atoms. The van der Waals surface area contributed by atoms with Crippen LogP contribution in [0.2, 0.25) is 0 Å². The van der Waals surface area contributed by atoms with Crippen molar-refractivity contribution in [3.8, 4) is 0 Å². The number of carbonyl (C=O) groups is 1. The van der Waals surface area contributed by atoms with Crippen LogP contribution in [0.4, 0.5) is 0 Å². The summed E-state index contributed by atoms with van der Waals surface area (Å²) in [6, 6.07) is 1.78. The zero-order valence-electron chi connectivity index (χ0n) is 10.9. The zero-order valence-corrected chi connectivity index (χ0v) is 12.4. The first kappa shape index (κ1) is 14.4. The van der Waals surface area contributed by atoms with Crippen molar-refractivity contribution >= 4 is 21.8 Å². The summed E-state index contributed by atoms with van der Waals surface area (Å²) in [5.41, 5.74) is 0.594. The number of piperazine rings is 1. The maximum Gasteiger partial charge on any atom is 0.252 e. The van der Waals surface area contributed by atoms with Crippen LogP contribution in [0.25, 0.3) is 0 Å². The van der Waals surface area contributed by atoms with Gasteiger partial charge in [0.05, 0.1) is 5.56 Å². The van der Waals surface area contributed by atoms with Gasteiger partial charge in [-0.15, -0.1) is 0 Å². The van der Waals surface area contributed by atoms with Crippen LogP contribution in [-0.4, -0.2) is 55.1 Å². The second-order valence-electron chi connectivity index (χ2n) is 4.59. The van der Waals surface area contributed by atoms with Gasteiger partial charge in [0.2, 0.25) is 0 Å². The van der Waals surface area contributed by atoms with Crippen molar-refractivity contribution in [2.24, 2.45) is 0 Å². The van der Waals surface area contributed by atoms with E-state index in [1.807, 2.05) is 0 Å². The van der Waals surface area contributed by atoms with E-state index in [0.717, 1.165) is 43.6 Å². The van der Waals surface area contributed by atoms with Crippen molar-refractivity contribution in [3.63, 3.8) is 0 Å². The molecule has 5 nitrogen and oxygen atoms in total. The van der Waals surface area contributed by atoms with Gasteiger partial charge in [0.1, 0.15) is 0 Å². The Bertz CT molecular complexity index is 421. The van der Waals surface area contributed by atoms with Crippen molar-refractivity contribution in [1.82, 2.24) is 20.5 Å². The van der Waals surface area contributed by atoms with E-state index < -0.39 is 0 Å². The molecule has 6 heteroatoms. The number of nitrogens with one attached hydrogen (secondary N) is 2. The highest BCUT2D eigenvalue weighted by Crippen LogP contribution is 2.09. The van der Waals surface area contributed by atoms with Crippen molar-refractivity contribution in [3.05, 3.63) is 28.5 Å². The molecule has 0 aliphatic carbocycles. The van der Waals surface area contributed by atoms with Crippen LogP contribution in [0.3, 0.4) is 0 Å². The molecular weight excluding hydrogens is 308 g/mol. The van der Waals surface area contributed by atoms with Gasteiger partial charge < -0.3 is 15.5 Å². The van der Waals surface area contributed by atoms with E-state index in [4.69, 9.17) is 0 Å². The molecule has 1 amide bonds. The standard InChI is InChI=1S/C13H19BrN4O/c14-12-8-11(9-16-10-12)13(19)17-2-1-5-18-6-3-15-4-7-18/h8-10,15H,1-7H2,(H,17,19). The molecule has 2 N–H and O–H groups in total.